The summed E-state index contributed by atoms with van der Waals surface area (Å²) in [5.74, 6) is 0.794. The van der Waals surface area contributed by atoms with Crippen molar-refractivity contribution in [3.05, 3.63) is 0 Å². The van der Waals surface area contributed by atoms with Gasteiger partial charge >= 0.3 is 5.97 Å². The minimum Gasteiger partial charge on any atom is -0.458 e. The normalized spacial score (nSPS) is 30.2. The molecule has 106 valence electrons. The van der Waals surface area contributed by atoms with Crippen molar-refractivity contribution in [3.8, 4) is 0 Å². The third kappa shape index (κ3) is 4.25. The summed E-state index contributed by atoms with van der Waals surface area (Å²) in [6.45, 7) is 8.51. The fraction of sp³-hybridized carbons (Fsp3) is 0.929. The number of carbonyl (C=O) groups excluding carboxylic acids is 1. The molecule has 0 radical (unpaired) electrons. The van der Waals surface area contributed by atoms with E-state index in [1.54, 1.807) is 6.92 Å². The second kappa shape index (κ2) is 7.10. The van der Waals surface area contributed by atoms with E-state index in [0.717, 1.165) is 12.8 Å². The maximum Gasteiger partial charge on any atom is 0.363 e. The Labute approximate surface area is 110 Å². The van der Waals surface area contributed by atoms with Crippen molar-refractivity contribution in [2.75, 3.05) is 6.61 Å². The molecule has 1 rings (SSSR count). The fourth-order valence-electron chi connectivity index (χ4n) is 2.68. The van der Waals surface area contributed by atoms with Crippen LogP contribution in [0.25, 0.3) is 0 Å². The lowest BCUT2D eigenvalue weighted by atomic mass is 9.75. The van der Waals surface area contributed by atoms with Gasteiger partial charge in [-0.25, -0.2) is 4.79 Å². The summed E-state index contributed by atoms with van der Waals surface area (Å²) >= 11 is 0. The predicted octanol–water partition coefficient (Wildman–Crippen LogP) is 2.35. The number of carbonyl (C=O) groups is 1. The summed E-state index contributed by atoms with van der Waals surface area (Å²) in [5, 5.41) is 9.44. The molecule has 0 aromatic heterocycles. The van der Waals surface area contributed by atoms with Crippen LogP contribution in [-0.2, 0) is 14.3 Å². The highest BCUT2D eigenvalue weighted by Gasteiger charge is 2.34. The smallest absolute Gasteiger partial charge is 0.363 e. The summed E-state index contributed by atoms with van der Waals surface area (Å²) in [6, 6.07) is 0. The zero-order valence-corrected chi connectivity index (χ0v) is 11.9. The Morgan fingerprint density at radius 2 is 2.06 bits per heavy atom. The van der Waals surface area contributed by atoms with Gasteiger partial charge in [-0.1, -0.05) is 27.2 Å². The van der Waals surface area contributed by atoms with Crippen molar-refractivity contribution in [2.24, 2.45) is 17.8 Å². The number of esters is 1. The van der Waals surface area contributed by atoms with Gasteiger partial charge in [0.2, 0.25) is 0 Å². The Hall–Kier alpha value is -0.610. The third-order valence-corrected chi connectivity index (χ3v) is 3.76. The van der Waals surface area contributed by atoms with Gasteiger partial charge in [-0.3, -0.25) is 0 Å². The van der Waals surface area contributed by atoms with Crippen molar-refractivity contribution >= 4 is 5.97 Å². The maximum absolute atomic E-state index is 11.7. The maximum atomic E-state index is 11.7. The molecule has 0 bridgehead atoms. The number of hydrogen-bond donors (Lipinski definition) is 1. The van der Waals surface area contributed by atoms with Gasteiger partial charge in [0.25, 0.3) is 6.29 Å². The first-order valence-electron chi connectivity index (χ1n) is 6.95. The molecule has 4 nitrogen and oxygen atoms in total. The summed E-state index contributed by atoms with van der Waals surface area (Å²) in [6.07, 6.45) is 1.62. The number of hydrogen-bond acceptors (Lipinski definition) is 4. The molecule has 0 amide bonds. The topological polar surface area (TPSA) is 55.8 Å². The summed E-state index contributed by atoms with van der Waals surface area (Å²) in [4.78, 5) is 11.7. The molecule has 0 spiro atoms. The minimum atomic E-state index is -1.44. The molecular weight excluding hydrogens is 232 g/mol. The summed E-state index contributed by atoms with van der Waals surface area (Å²) in [7, 11) is 0. The second-order valence-corrected chi connectivity index (χ2v) is 5.61. The molecule has 1 N–H and O–H groups in total. The lowest BCUT2D eigenvalue weighted by Gasteiger charge is -2.36. The number of aliphatic hydroxyl groups excluding tert-OH is 1. The molecule has 1 aliphatic carbocycles. The number of aliphatic hydroxyl groups is 1. The van der Waals surface area contributed by atoms with Gasteiger partial charge in [-0.2, -0.15) is 0 Å². The lowest BCUT2D eigenvalue weighted by molar-refractivity contribution is -0.193. The number of ether oxygens (including phenoxy) is 2. The lowest BCUT2D eigenvalue weighted by Crippen LogP contribution is -2.39. The van der Waals surface area contributed by atoms with Crippen LogP contribution < -0.4 is 0 Å². The molecule has 1 saturated carbocycles. The predicted molar refractivity (Wildman–Crippen MR) is 68.9 cm³/mol. The first-order valence-corrected chi connectivity index (χ1v) is 6.95. The van der Waals surface area contributed by atoms with E-state index in [2.05, 4.69) is 20.8 Å². The van der Waals surface area contributed by atoms with E-state index in [1.165, 1.54) is 6.42 Å². The highest BCUT2D eigenvalue weighted by Crippen LogP contribution is 2.35. The molecule has 4 heteroatoms. The van der Waals surface area contributed by atoms with Crippen LogP contribution in [0.15, 0.2) is 0 Å². The average Bonchev–Trinajstić information content (AvgIpc) is 2.28. The average molecular weight is 258 g/mol. The van der Waals surface area contributed by atoms with Crippen molar-refractivity contribution in [2.45, 2.75) is 59.4 Å². The van der Waals surface area contributed by atoms with E-state index in [1.807, 2.05) is 0 Å². The molecule has 0 aromatic rings. The Kier molecular flexibility index (Phi) is 6.09. The Balaban J connectivity index is 2.57. The first-order chi connectivity index (χ1) is 8.45. The van der Waals surface area contributed by atoms with E-state index in [0.29, 0.717) is 24.4 Å². The van der Waals surface area contributed by atoms with Crippen LogP contribution in [-0.4, -0.2) is 30.1 Å². The quantitative estimate of drug-likeness (QED) is 0.607. The third-order valence-electron chi connectivity index (χ3n) is 3.76. The molecule has 0 aromatic carbocycles. The van der Waals surface area contributed by atoms with E-state index in [4.69, 9.17) is 9.47 Å². The summed E-state index contributed by atoms with van der Waals surface area (Å²) < 4.78 is 10.3. The zero-order valence-electron chi connectivity index (χ0n) is 11.9. The zero-order chi connectivity index (χ0) is 13.7. The molecule has 18 heavy (non-hydrogen) atoms. The molecule has 1 unspecified atom stereocenters. The summed E-state index contributed by atoms with van der Waals surface area (Å²) in [5.41, 5.74) is 0. The Morgan fingerprint density at radius 3 is 2.61 bits per heavy atom. The van der Waals surface area contributed by atoms with E-state index >= 15 is 0 Å². The molecule has 1 aliphatic rings. The van der Waals surface area contributed by atoms with Crippen LogP contribution in [0.1, 0.15) is 47.0 Å². The van der Waals surface area contributed by atoms with Crippen molar-refractivity contribution in [3.63, 3.8) is 0 Å². The van der Waals surface area contributed by atoms with Gasteiger partial charge in [0, 0.05) is 6.61 Å². The van der Waals surface area contributed by atoms with Crippen LogP contribution >= 0.6 is 0 Å². The molecule has 0 saturated heterocycles. The van der Waals surface area contributed by atoms with Gasteiger partial charge in [-0.05, 0) is 37.5 Å². The van der Waals surface area contributed by atoms with E-state index in [9.17, 15) is 9.90 Å². The van der Waals surface area contributed by atoms with Crippen molar-refractivity contribution in [1.82, 2.24) is 0 Å². The highest BCUT2D eigenvalue weighted by molar-refractivity contribution is 5.73. The largest absolute Gasteiger partial charge is 0.458 e. The Morgan fingerprint density at radius 1 is 1.39 bits per heavy atom. The Bertz CT molecular complexity index is 265. The van der Waals surface area contributed by atoms with Gasteiger partial charge in [0.15, 0.2) is 0 Å². The van der Waals surface area contributed by atoms with E-state index < -0.39 is 12.3 Å². The monoisotopic (exact) mass is 258 g/mol. The van der Waals surface area contributed by atoms with Gasteiger partial charge in [-0.15, -0.1) is 0 Å². The molecule has 0 heterocycles. The highest BCUT2D eigenvalue weighted by atomic mass is 16.7. The van der Waals surface area contributed by atoms with Gasteiger partial charge in [0.05, 0.1) is 0 Å². The molecule has 1 fully saturated rings. The standard InChI is InChI=1S/C14H26O4/c1-5-17-13(15)14(16)18-12-8-10(4)6-7-11(12)9(2)3/h9-13,15H,5-8H2,1-4H3/t10-,11+,12-,13?/m1/s1. The second-order valence-electron chi connectivity index (χ2n) is 5.61. The molecular formula is C14H26O4. The van der Waals surface area contributed by atoms with Crippen molar-refractivity contribution < 1.29 is 19.4 Å². The van der Waals surface area contributed by atoms with Crippen molar-refractivity contribution in [1.29, 1.82) is 0 Å². The minimum absolute atomic E-state index is 0.0867. The van der Waals surface area contributed by atoms with E-state index in [-0.39, 0.29) is 6.10 Å². The van der Waals surface area contributed by atoms with Crippen LogP contribution in [0, 0.1) is 17.8 Å². The van der Waals surface area contributed by atoms with Gasteiger partial charge in [0.1, 0.15) is 6.10 Å². The van der Waals surface area contributed by atoms with Crippen LogP contribution in [0.4, 0.5) is 0 Å². The number of rotatable bonds is 5. The van der Waals surface area contributed by atoms with Gasteiger partial charge < -0.3 is 14.6 Å². The molecule has 4 atom stereocenters. The van der Waals surface area contributed by atoms with Crippen LogP contribution in [0.3, 0.4) is 0 Å². The van der Waals surface area contributed by atoms with Crippen LogP contribution in [0.5, 0.6) is 0 Å². The first kappa shape index (κ1) is 15.4. The SMILES string of the molecule is CCOC(O)C(=O)O[C@@H]1C[C@H](C)CC[C@H]1C(C)C. The molecule has 0 aliphatic heterocycles. The van der Waals surface area contributed by atoms with Crippen LogP contribution in [0.2, 0.25) is 0 Å². The fourth-order valence-corrected chi connectivity index (χ4v) is 2.68.